The molecule has 5 aromatic rings. The second-order valence-corrected chi connectivity index (χ2v) is 10.7. The number of aromatic nitrogens is 1. The summed E-state index contributed by atoms with van der Waals surface area (Å²) in [4.78, 5) is 0. The molecule has 4 aromatic carbocycles. The van der Waals surface area contributed by atoms with E-state index in [0.29, 0.717) is 5.75 Å². The van der Waals surface area contributed by atoms with E-state index in [1.165, 1.54) is 60.9 Å². The Balaban J connectivity index is 1.74. The van der Waals surface area contributed by atoms with E-state index in [2.05, 4.69) is 105 Å². The quantitative estimate of drug-likeness (QED) is 0.322. The normalized spacial score (nSPS) is 16.3. The lowest BCUT2D eigenvalue weighted by atomic mass is 9.74. The van der Waals surface area contributed by atoms with Crippen molar-refractivity contribution < 1.29 is 9.68 Å². The zero-order chi connectivity index (χ0) is 23.4. The van der Waals surface area contributed by atoms with Crippen LogP contribution in [0.4, 0.5) is 0 Å². The molecule has 0 radical (unpaired) electrons. The van der Waals surface area contributed by atoms with Crippen LogP contribution in [-0.2, 0) is 10.8 Å². The average molecular weight is 443 g/mol. The van der Waals surface area contributed by atoms with Gasteiger partial charge in [-0.2, -0.15) is 0 Å². The monoisotopic (exact) mass is 443 g/mol. The summed E-state index contributed by atoms with van der Waals surface area (Å²) in [6.07, 6.45) is 0. The number of rotatable bonds is 2. The maximum Gasteiger partial charge on any atom is 0.504 e. The fourth-order valence-electron chi connectivity index (χ4n) is 6.71. The Kier molecular flexibility index (Phi) is 3.71. The molecular formula is C30H26BNO2. The van der Waals surface area contributed by atoms with Crippen LogP contribution < -0.4 is 4.65 Å². The molecule has 0 unspecified atom stereocenters. The van der Waals surface area contributed by atoms with Crippen molar-refractivity contribution in [3.8, 4) is 22.6 Å². The summed E-state index contributed by atoms with van der Waals surface area (Å²) in [6.45, 7) is 9.25. The molecule has 4 heteroatoms. The third kappa shape index (κ3) is 2.22. The lowest BCUT2D eigenvalue weighted by Crippen LogP contribution is -2.26. The van der Waals surface area contributed by atoms with Gasteiger partial charge in [-0.25, -0.2) is 0 Å². The molecule has 0 fully saturated rings. The zero-order valence-electron chi connectivity index (χ0n) is 19.9. The molecule has 0 atom stereocenters. The Morgan fingerprint density at radius 1 is 0.765 bits per heavy atom. The van der Waals surface area contributed by atoms with E-state index in [-0.39, 0.29) is 18.5 Å². The van der Waals surface area contributed by atoms with Gasteiger partial charge in [-0.15, -0.1) is 0 Å². The summed E-state index contributed by atoms with van der Waals surface area (Å²) in [5.41, 5.74) is 11.3. The van der Waals surface area contributed by atoms with Crippen LogP contribution in [0.15, 0.2) is 72.8 Å². The van der Waals surface area contributed by atoms with Crippen LogP contribution in [-0.4, -0.2) is 17.3 Å². The van der Waals surface area contributed by atoms with E-state index in [9.17, 15) is 5.02 Å². The zero-order valence-corrected chi connectivity index (χ0v) is 19.9. The number of benzene rings is 4. The molecule has 0 saturated carbocycles. The highest BCUT2D eigenvalue weighted by Gasteiger charge is 2.41. The van der Waals surface area contributed by atoms with Gasteiger partial charge in [0.25, 0.3) is 0 Å². The van der Waals surface area contributed by atoms with Crippen molar-refractivity contribution in [3.05, 3.63) is 95.1 Å². The minimum atomic E-state index is -0.338. The van der Waals surface area contributed by atoms with Gasteiger partial charge in [-0.3, -0.25) is 0 Å². The van der Waals surface area contributed by atoms with Crippen LogP contribution in [0.5, 0.6) is 5.75 Å². The summed E-state index contributed by atoms with van der Waals surface area (Å²) < 4.78 is 8.15. The first-order valence-corrected chi connectivity index (χ1v) is 11.9. The predicted octanol–water partition coefficient (Wildman–Crippen LogP) is 6.37. The number of fused-ring (bicyclic) bond motifs is 9. The van der Waals surface area contributed by atoms with Crippen molar-refractivity contribution in [2.24, 2.45) is 0 Å². The Morgan fingerprint density at radius 3 is 2.29 bits per heavy atom. The number of para-hydroxylation sites is 1. The molecule has 1 N–H and O–H groups in total. The molecule has 7 rings (SSSR count). The van der Waals surface area contributed by atoms with E-state index in [1.54, 1.807) is 0 Å². The molecule has 0 saturated heterocycles. The number of hydrogen-bond acceptors (Lipinski definition) is 2. The minimum absolute atomic E-state index is 0.123. The summed E-state index contributed by atoms with van der Waals surface area (Å²) in [6, 6.07) is 26.4. The number of hydrogen-bond donors (Lipinski definition) is 1. The maximum atomic E-state index is 9.60. The van der Waals surface area contributed by atoms with Crippen molar-refractivity contribution in [1.82, 2.24) is 4.57 Å². The molecule has 1 aromatic heterocycles. The van der Waals surface area contributed by atoms with Crippen molar-refractivity contribution in [3.63, 3.8) is 0 Å². The predicted molar refractivity (Wildman–Crippen MR) is 140 cm³/mol. The van der Waals surface area contributed by atoms with Gasteiger partial charge >= 0.3 is 7.69 Å². The summed E-state index contributed by atoms with van der Waals surface area (Å²) >= 11 is 0. The molecule has 3 nitrogen and oxygen atoms in total. The first kappa shape index (κ1) is 19.9. The standard InChI is InChI=1S/C30H26BNO2/c1-29(2)22-11-7-8-12-24(22)32-25-14-13-19-18-9-5-6-10-21(18)30(3,4)27(19)26(25)20-15-17(34-31-33)16-23(29)28(20)32/h5-16,31,33H,1-4H3. The van der Waals surface area contributed by atoms with Gasteiger partial charge in [0.2, 0.25) is 0 Å². The van der Waals surface area contributed by atoms with Gasteiger partial charge < -0.3 is 14.2 Å². The van der Waals surface area contributed by atoms with Crippen molar-refractivity contribution in [2.45, 2.75) is 38.5 Å². The first-order valence-electron chi connectivity index (χ1n) is 11.9. The highest BCUT2D eigenvalue weighted by atomic mass is 16.5. The smallest absolute Gasteiger partial charge is 0.504 e. The topological polar surface area (TPSA) is 34.4 Å². The van der Waals surface area contributed by atoms with Gasteiger partial charge in [0.1, 0.15) is 5.75 Å². The molecular weight excluding hydrogens is 417 g/mol. The van der Waals surface area contributed by atoms with Crippen LogP contribution >= 0.6 is 0 Å². The van der Waals surface area contributed by atoms with E-state index in [4.69, 9.17) is 4.65 Å². The minimum Gasteiger partial charge on any atom is -0.539 e. The highest BCUT2D eigenvalue weighted by Crippen LogP contribution is 2.55. The maximum absolute atomic E-state index is 9.60. The third-order valence-corrected chi connectivity index (χ3v) is 8.24. The van der Waals surface area contributed by atoms with Crippen LogP contribution in [0, 0.1) is 0 Å². The van der Waals surface area contributed by atoms with Gasteiger partial charge in [0, 0.05) is 21.6 Å². The fraction of sp³-hybridized carbons (Fsp3) is 0.200. The largest absolute Gasteiger partial charge is 0.539 e. The van der Waals surface area contributed by atoms with Gasteiger partial charge in [-0.1, -0.05) is 76.2 Å². The second-order valence-electron chi connectivity index (χ2n) is 10.7. The Labute approximate surface area is 199 Å². The SMILES string of the molecule is CC1(C)c2ccccc2-c2ccc3c(c21)c1cc(OBO)cc2c1n3-c1ccccc1C2(C)C. The lowest BCUT2D eigenvalue weighted by Gasteiger charge is -2.34. The molecule has 2 heterocycles. The molecule has 166 valence electrons. The second kappa shape index (κ2) is 6.34. The summed E-state index contributed by atoms with van der Waals surface area (Å²) in [7, 11) is -0.338. The molecule has 34 heavy (non-hydrogen) atoms. The van der Waals surface area contributed by atoms with Crippen LogP contribution in [0.1, 0.15) is 49.9 Å². The van der Waals surface area contributed by atoms with Crippen LogP contribution in [0.25, 0.3) is 38.6 Å². The van der Waals surface area contributed by atoms with E-state index in [1.807, 2.05) is 0 Å². The lowest BCUT2D eigenvalue weighted by molar-refractivity contribution is 0.453. The van der Waals surface area contributed by atoms with Crippen LogP contribution in [0.3, 0.4) is 0 Å². The van der Waals surface area contributed by atoms with Gasteiger partial charge in [0.05, 0.1) is 16.7 Å². The molecule has 1 aliphatic carbocycles. The van der Waals surface area contributed by atoms with Crippen molar-refractivity contribution in [1.29, 1.82) is 0 Å². The highest BCUT2D eigenvalue weighted by molar-refractivity contribution is 6.19. The van der Waals surface area contributed by atoms with Crippen LogP contribution in [0.2, 0.25) is 0 Å². The van der Waals surface area contributed by atoms with Gasteiger partial charge in [0.15, 0.2) is 0 Å². The van der Waals surface area contributed by atoms with Crippen molar-refractivity contribution >= 4 is 29.5 Å². The fourth-order valence-corrected chi connectivity index (χ4v) is 6.71. The molecule has 1 aliphatic heterocycles. The van der Waals surface area contributed by atoms with E-state index < -0.39 is 0 Å². The third-order valence-electron chi connectivity index (χ3n) is 8.24. The molecule has 2 aliphatic rings. The first-order chi connectivity index (χ1) is 16.4. The average Bonchev–Trinajstić information content (AvgIpc) is 3.28. The molecule has 0 amide bonds. The molecule has 0 spiro atoms. The summed E-state index contributed by atoms with van der Waals surface area (Å²) in [5.74, 6) is 0.711. The van der Waals surface area contributed by atoms with E-state index in [0.717, 1.165) is 0 Å². The Bertz CT molecular complexity index is 1680. The Morgan fingerprint density at radius 2 is 1.50 bits per heavy atom. The van der Waals surface area contributed by atoms with Gasteiger partial charge in [-0.05, 0) is 57.6 Å². The molecule has 0 bridgehead atoms. The summed E-state index contributed by atoms with van der Waals surface area (Å²) in [5, 5.41) is 12.1. The number of nitrogens with zero attached hydrogens (tertiary/aromatic N) is 1. The van der Waals surface area contributed by atoms with Crippen molar-refractivity contribution in [2.75, 3.05) is 0 Å². The van der Waals surface area contributed by atoms with E-state index >= 15 is 0 Å². The Hall–Kier alpha value is -3.50.